The molecule has 0 spiro atoms. The van der Waals surface area contributed by atoms with Gasteiger partial charge in [0.15, 0.2) is 11.2 Å². The number of carboxylic acid groups (broad SMARTS) is 1. The summed E-state index contributed by atoms with van der Waals surface area (Å²) in [4.78, 5) is 28.1. The molecule has 2 aliphatic rings. The molecule has 1 aromatic heterocycles. The number of halogens is 1. The number of aromatic nitrogens is 1. The van der Waals surface area contributed by atoms with E-state index in [4.69, 9.17) is 5.73 Å². The maximum atomic E-state index is 15.6. The van der Waals surface area contributed by atoms with E-state index in [0.29, 0.717) is 13.1 Å². The third kappa shape index (κ3) is 2.61. The Labute approximate surface area is 149 Å². The van der Waals surface area contributed by atoms with Crippen molar-refractivity contribution in [3.8, 4) is 0 Å². The lowest BCUT2D eigenvalue weighted by Gasteiger charge is -2.35. The number of benzene rings is 1. The van der Waals surface area contributed by atoms with Crippen molar-refractivity contribution in [2.24, 2.45) is 0 Å². The first-order chi connectivity index (χ1) is 12.4. The molecule has 7 nitrogen and oxygen atoms in total. The summed E-state index contributed by atoms with van der Waals surface area (Å²) in [6, 6.07) is 2.46. The molecule has 0 unspecified atom stereocenters. The van der Waals surface area contributed by atoms with E-state index in [-0.39, 0.29) is 34.0 Å². The third-order valence-corrected chi connectivity index (χ3v) is 5.23. The van der Waals surface area contributed by atoms with Crippen LogP contribution < -0.4 is 16.1 Å². The Bertz CT molecular complexity index is 959. The van der Waals surface area contributed by atoms with Gasteiger partial charge in [-0.05, 0) is 26.0 Å². The van der Waals surface area contributed by atoms with Crippen molar-refractivity contribution in [3.05, 3.63) is 33.9 Å². The minimum atomic E-state index is -1.23. The average Bonchev–Trinajstić information content (AvgIpc) is 3.41. The van der Waals surface area contributed by atoms with Crippen molar-refractivity contribution in [1.29, 1.82) is 0 Å². The Kier molecular flexibility index (Phi) is 3.87. The summed E-state index contributed by atoms with van der Waals surface area (Å²) in [7, 11) is 2.00. The number of pyridine rings is 1. The van der Waals surface area contributed by atoms with Crippen LogP contribution in [0.5, 0.6) is 0 Å². The number of rotatable bonds is 3. The van der Waals surface area contributed by atoms with Crippen LogP contribution in [0.15, 0.2) is 16.9 Å². The van der Waals surface area contributed by atoms with Gasteiger partial charge in [0.2, 0.25) is 0 Å². The summed E-state index contributed by atoms with van der Waals surface area (Å²) in [5.41, 5.74) is 5.94. The van der Waals surface area contributed by atoms with E-state index >= 15 is 4.39 Å². The molecule has 1 aliphatic carbocycles. The zero-order valence-corrected chi connectivity index (χ0v) is 14.5. The Hall–Kier alpha value is -2.61. The van der Waals surface area contributed by atoms with Gasteiger partial charge < -0.3 is 25.2 Å². The molecular weight excluding hydrogens is 339 g/mol. The van der Waals surface area contributed by atoms with Gasteiger partial charge in [0.05, 0.1) is 22.3 Å². The number of nitrogens with zero attached hydrogens (tertiary/aromatic N) is 3. The van der Waals surface area contributed by atoms with Crippen LogP contribution in [0, 0.1) is 5.82 Å². The maximum absolute atomic E-state index is 15.6. The first kappa shape index (κ1) is 16.8. The minimum absolute atomic E-state index is 0.0560. The smallest absolute Gasteiger partial charge is 0.352 e. The number of fused-ring (bicyclic) bond motifs is 1. The average molecular weight is 360 g/mol. The highest BCUT2D eigenvalue weighted by Gasteiger charge is 2.32. The molecule has 0 amide bonds. The number of likely N-dealkylation sites (N-methyl/N-ethyl adjacent to an activating group) is 1. The first-order valence-corrected chi connectivity index (χ1v) is 8.72. The molecule has 2 aromatic rings. The number of hydrogen-bond donors (Lipinski definition) is 2. The Morgan fingerprint density at radius 3 is 2.46 bits per heavy atom. The summed E-state index contributed by atoms with van der Waals surface area (Å²) in [5.74, 6) is -1.83. The fourth-order valence-electron chi connectivity index (χ4n) is 3.69. The summed E-state index contributed by atoms with van der Waals surface area (Å²) < 4.78 is 17.1. The second-order valence-corrected chi connectivity index (χ2v) is 7.12. The Balaban J connectivity index is 1.99. The van der Waals surface area contributed by atoms with E-state index in [1.54, 1.807) is 0 Å². The molecule has 2 heterocycles. The van der Waals surface area contributed by atoms with E-state index in [0.717, 1.165) is 32.0 Å². The molecular formula is C18H21FN4O3. The number of carbonyl (C=O) groups is 1. The molecule has 8 heteroatoms. The largest absolute Gasteiger partial charge is 0.477 e. The van der Waals surface area contributed by atoms with E-state index in [9.17, 15) is 14.7 Å². The molecule has 2 fully saturated rings. The number of nitrogens with two attached hydrogens (primary N) is 1. The Morgan fingerprint density at radius 2 is 1.88 bits per heavy atom. The molecule has 4 rings (SSSR count). The molecule has 1 saturated heterocycles. The van der Waals surface area contributed by atoms with Crippen LogP contribution in [0.4, 0.5) is 15.8 Å². The fourth-order valence-corrected chi connectivity index (χ4v) is 3.69. The zero-order chi connectivity index (χ0) is 18.6. The lowest BCUT2D eigenvalue weighted by molar-refractivity contribution is 0.0684. The first-order valence-electron chi connectivity index (χ1n) is 8.72. The molecule has 0 radical (unpaired) electrons. The van der Waals surface area contributed by atoms with Crippen LogP contribution >= 0.6 is 0 Å². The molecule has 0 bridgehead atoms. The van der Waals surface area contributed by atoms with Crippen LogP contribution in [0.25, 0.3) is 10.9 Å². The third-order valence-electron chi connectivity index (χ3n) is 5.23. The number of nitrogen functional groups attached to an aromatic ring is 1. The molecule has 0 atom stereocenters. The molecule has 1 aromatic carbocycles. The summed E-state index contributed by atoms with van der Waals surface area (Å²) in [6.45, 7) is 2.80. The summed E-state index contributed by atoms with van der Waals surface area (Å²) >= 11 is 0. The monoisotopic (exact) mass is 360 g/mol. The van der Waals surface area contributed by atoms with Crippen molar-refractivity contribution in [1.82, 2.24) is 9.47 Å². The standard InChI is InChI=1S/C18H21FN4O3/c1-21-4-6-22(7-5-21)17-12(20)8-11-14(24)9-13(18(25)26)23(10-2-3-10)16(11)15(17)19/h8-10H,2-7,20H2,1H3,(H,25,26). The van der Waals surface area contributed by atoms with Crippen LogP contribution in [-0.2, 0) is 0 Å². The van der Waals surface area contributed by atoms with Crippen LogP contribution in [0.3, 0.4) is 0 Å². The van der Waals surface area contributed by atoms with E-state index < -0.39 is 17.2 Å². The van der Waals surface area contributed by atoms with E-state index in [1.165, 1.54) is 10.6 Å². The fraction of sp³-hybridized carbons (Fsp3) is 0.444. The highest BCUT2D eigenvalue weighted by molar-refractivity contribution is 5.95. The maximum Gasteiger partial charge on any atom is 0.352 e. The van der Waals surface area contributed by atoms with Gasteiger partial charge >= 0.3 is 5.97 Å². The molecule has 3 N–H and O–H groups in total. The predicted octanol–water partition coefficient (Wildman–Crippen LogP) is 1.51. The highest BCUT2D eigenvalue weighted by Crippen LogP contribution is 2.41. The van der Waals surface area contributed by atoms with Crippen molar-refractivity contribution in [2.75, 3.05) is 43.9 Å². The van der Waals surface area contributed by atoms with Gasteiger partial charge in [-0.3, -0.25) is 4.79 Å². The van der Waals surface area contributed by atoms with Gasteiger partial charge in [-0.15, -0.1) is 0 Å². The molecule has 26 heavy (non-hydrogen) atoms. The Morgan fingerprint density at radius 1 is 1.23 bits per heavy atom. The zero-order valence-electron chi connectivity index (χ0n) is 14.5. The van der Waals surface area contributed by atoms with Crippen molar-refractivity contribution < 1.29 is 14.3 Å². The van der Waals surface area contributed by atoms with Gasteiger partial charge in [-0.1, -0.05) is 0 Å². The number of piperazine rings is 1. The summed E-state index contributed by atoms with van der Waals surface area (Å²) in [6.07, 6.45) is 1.54. The molecule has 1 saturated carbocycles. The topological polar surface area (TPSA) is 91.8 Å². The number of hydrogen-bond acceptors (Lipinski definition) is 5. The number of carboxylic acids is 1. The van der Waals surface area contributed by atoms with Crippen LogP contribution in [0.2, 0.25) is 0 Å². The summed E-state index contributed by atoms with van der Waals surface area (Å²) in [5, 5.41) is 9.63. The van der Waals surface area contributed by atoms with E-state index in [2.05, 4.69) is 4.90 Å². The number of anilines is 2. The van der Waals surface area contributed by atoms with Gasteiger partial charge in [-0.25, -0.2) is 9.18 Å². The normalized spacial score (nSPS) is 18.5. The van der Waals surface area contributed by atoms with Gasteiger partial charge in [0.25, 0.3) is 0 Å². The van der Waals surface area contributed by atoms with Gasteiger partial charge in [0, 0.05) is 38.3 Å². The van der Waals surface area contributed by atoms with Crippen molar-refractivity contribution >= 4 is 28.2 Å². The van der Waals surface area contributed by atoms with Gasteiger partial charge in [-0.2, -0.15) is 0 Å². The second-order valence-electron chi connectivity index (χ2n) is 7.12. The quantitative estimate of drug-likeness (QED) is 0.806. The minimum Gasteiger partial charge on any atom is -0.477 e. The lowest BCUT2D eigenvalue weighted by atomic mass is 10.1. The van der Waals surface area contributed by atoms with Crippen molar-refractivity contribution in [3.63, 3.8) is 0 Å². The predicted molar refractivity (Wildman–Crippen MR) is 97.5 cm³/mol. The number of aromatic carboxylic acids is 1. The van der Waals surface area contributed by atoms with Crippen molar-refractivity contribution in [2.45, 2.75) is 18.9 Å². The van der Waals surface area contributed by atoms with Gasteiger partial charge in [0.1, 0.15) is 5.69 Å². The van der Waals surface area contributed by atoms with Crippen LogP contribution in [-0.4, -0.2) is 53.8 Å². The molecule has 1 aliphatic heterocycles. The molecule has 138 valence electrons. The SMILES string of the molecule is CN1CCN(c2c(N)cc3c(=O)cc(C(=O)O)n(C4CC4)c3c2F)CC1. The van der Waals surface area contributed by atoms with E-state index in [1.807, 2.05) is 11.9 Å². The highest BCUT2D eigenvalue weighted by atomic mass is 19.1. The van der Waals surface area contributed by atoms with Crippen LogP contribution in [0.1, 0.15) is 29.4 Å². The lowest BCUT2D eigenvalue weighted by Crippen LogP contribution is -2.45. The second kappa shape index (κ2) is 5.98.